The van der Waals surface area contributed by atoms with Gasteiger partial charge in [0, 0.05) is 39.3 Å². The minimum Gasteiger partial charge on any atom is -0.367 e. The molecule has 2 aromatic heterocycles. The zero-order valence-corrected chi connectivity index (χ0v) is 16.2. The van der Waals surface area contributed by atoms with Crippen LogP contribution < -0.4 is 10.2 Å². The number of benzene rings is 1. The average molecular weight is 382 g/mol. The molecular formula is C19H22N6OS. The summed E-state index contributed by atoms with van der Waals surface area (Å²) in [6, 6.07) is 10.1. The van der Waals surface area contributed by atoms with E-state index in [-0.39, 0.29) is 5.91 Å². The second kappa shape index (κ2) is 7.48. The maximum Gasteiger partial charge on any atom is 0.282 e. The molecule has 0 bridgehead atoms. The van der Waals surface area contributed by atoms with Gasteiger partial charge in [-0.05, 0) is 25.0 Å². The number of hydrogen-bond acceptors (Lipinski definition) is 7. The standard InChI is InChI=1S/C19H22N6OS/c1-24(2)17-11-16(20-12-21-17)22-13-7-9-25(10-8-13)19(26)18-23-14-5-3-4-6-15(14)27-18/h3-6,11-13H,7-10H2,1-2H3,(H,20,21,22). The predicted octanol–water partition coefficient (Wildman–Crippen LogP) is 2.87. The summed E-state index contributed by atoms with van der Waals surface area (Å²) in [7, 11) is 3.91. The van der Waals surface area contributed by atoms with Crippen LogP contribution in [0.4, 0.5) is 11.6 Å². The van der Waals surface area contributed by atoms with Gasteiger partial charge >= 0.3 is 0 Å². The first-order valence-corrected chi connectivity index (χ1v) is 9.82. The Labute approximate surface area is 162 Å². The van der Waals surface area contributed by atoms with E-state index in [0.29, 0.717) is 11.0 Å². The van der Waals surface area contributed by atoms with Crippen molar-refractivity contribution in [3.8, 4) is 0 Å². The van der Waals surface area contributed by atoms with Crippen LogP contribution in [-0.2, 0) is 0 Å². The van der Waals surface area contributed by atoms with Gasteiger partial charge in [-0.15, -0.1) is 11.3 Å². The molecule has 0 radical (unpaired) electrons. The number of nitrogens with zero attached hydrogens (tertiary/aromatic N) is 5. The molecule has 27 heavy (non-hydrogen) atoms. The van der Waals surface area contributed by atoms with E-state index in [1.807, 2.05) is 54.2 Å². The number of carbonyl (C=O) groups excluding carboxylic acids is 1. The Kier molecular flexibility index (Phi) is 4.89. The molecule has 0 atom stereocenters. The van der Waals surface area contributed by atoms with Gasteiger partial charge in [0.15, 0.2) is 5.01 Å². The number of fused-ring (bicyclic) bond motifs is 1. The number of carbonyl (C=O) groups is 1. The Hall–Kier alpha value is -2.74. The van der Waals surface area contributed by atoms with E-state index in [1.54, 1.807) is 6.33 Å². The Balaban J connectivity index is 1.37. The van der Waals surface area contributed by atoms with Gasteiger partial charge in [0.2, 0.25) is 0 Å². The van der Waals surface area contributed by atoms with Crippen molar-refractivity contribution in [1.82, 2.24) is 19.9 Å². The molecule has 3 heterocycles. The van der Waals surface area contributed by atoms with Crippen LogP contribution in [0.25, 0.3) is 10.2 Å². The monoisotopic (exact) mass is 382 g/mol. The zero-order valence-electron chi connectivity index (χ0n) is 15.4. The van der Waals surface area contributed by atoms with E-state index in [2.05, 4.69) is 20.3 Å². The molecule has 1 N–H and O–H groups in total. The molecule has 0 spiro atoms. The fraction of sp³-hybridized carbons (Fsp3) is 0.368. The van der Waals surface area contributed by atoms with Crippen molar-refractivity contribution in [3.05, 3.63) is 41.7 Å². The summed E-state index contributed by atoms with van der Waals surface area (Å²) in [5.41, 5.74) is 0.892. The molecule has 1 aromatic carbocycles. The van der Waals surface area contributed by atoms with Gasteiger partial charge in [0.25, 0.3) is 5.91 Å². The summed E-state index contributed by atoms with van der Waals surface area (Å²) in [6.45, 7) is 1.44. The summed E-state index contributed by atoms with van der Waals surface area (Å²) in [6.07, 6.45) is 3.35. The van der Waals surface area contributed by atoms with Crippen molar-refractivity contribution >= 4 is 39.1 Å². The highest BCUT2D eigenvalue weighted by atomic mass is 32.1. The average Bonchev–Trinajstić information content (AvgIpc) is 3.12. The van der Waals surface area contributed by atoms with Gasteiger partial charge in [0.05, 0.1) is 10.2 Å². The molecule has 0 unspecified atom stereocenters. The topological polar surface area (TPSA) is 74.2 Å². The maximum atomic E-state index is 12.8. The Morgan fingerprint density at radius 2 is 2.00 bits per heavy atom. The quantitative estimate of drug-likeness (QED) is 0.748. The van der Waals surface area contributed by atoms with Crippen molar-refractivity contribution in [3.63, 3.8) is 0 Å². The number of rotatable bonds is 4. The van der Waals surface area contributed by atoms with E-state index < -0.39 is 0 Å². The van der Waals surface area contributed by atoms with Gasteiger partial charge in [-0.3, -0.25) is 4.79 Å². The van der Waals surface area contributed by atoms with Crippen molar-refractivity contribution in [2.24, 2.45) is 0 Å². The molecular weight excluding hydrogens is 360 g/mol. The smallest absolute Gasteiger partial charge is 0.282 e. The SMILES string of the molecule is CN(C)c1cc(NC2CCN(C(=O)c3nc4ccccc4s3)CC2)ncn1. The lowest BCUT2D eigenvalue weighted by Gasteiger charge is -2.32. The molecule has 140 valence electrons. The third-order valence-electron chi connectivity index (χ3n) is 4.72. The first kappa shape index (κ1) is 17.7. The van der Waals surface area contributed by atoms with Crippen molar-refractivity contribution in [2.75, 3.05) is 37.4 Å². The molecule has 1 saturated heterocycles. The first-order chi connectivity index (χ1) is 13.1. The highest BCUT2D eigenvalue weighted by Crippen LogP contribution is 2.24. The van der Waals surface area contributed by atoms with Crippen LogP contribution in [0, 0.1) is 0 Å². The summed E-state index contributed by atoms with van der Waals surface area (Å²) in [5.74, 6) is 1.73. The zero-order chi connectivity index (χ0) is 18.8. The summed E-state index contributed by atoms with van der Waals surface area (Å²) in [5, 5.41) is 4.05. The van der Waals surface area contributed by atoms with Gasteiger partial charge in [-0.2, -0.15) is 0 Å². The molecule has 0 saturated carbocycles. The largest absolute Gasteiger partial charge is 0.367 e. The number of likely N-dealkylation sites (tertiary alicyclic amines) is 1. The molecule has 3 aromatic rings. The van der Waals surface area contributed by atoms with Crippen LogP contribution in [-0.4, -0.2) is 59.0 Å². The van der Waals surface area contributed by atoms with Crippen LogP contribution in [0.2, 0.25) is 0 Å². The number of amides is 1. The van der Waals surface area contributed by atoms with Gasteiger partial charge in [-0.25, -0.2) is 15.0 Å². The second-order valence-electron chi connectivity index (χ2n) is 6.85. The maximum absolute atomic E-state index is 12.8. The van der Waals surface area contributed by atoms with Crippen LogP contribution in [0.15, 0.2) is 36.7 Å². The minimum atomic E-state index is 0.0339. The highest BCUT2D eigenvalue weighted by Gasteiger charge is 2.25. The Bertz CT molecular complexity index is 915. The summed E-state index contributed by atoms with van der Waals surface area (Å²) >= 11 is 1.47. The van der Waals surface area contributed by atoms with Crippen LogP contribution in [0.5, 0.6) is 0 Å². The van der Waals surface area contributed by atoms with Crippen molar-refractivity contribution in [2.45, 2.75) is 18.9 Å². The lowest BCUT2D eigenvalue weighted by Crippen LogP contribution is -2.42. The minimum absolute atomic E-state index is 0.0339. The number of aromatic nitrogens is 3. The number of hydrogen-bond donors (Lipinski definition) is 1. The normalized spacial score (nSPS) is 15.1. The van der Waals surface area contributed by atoms with E-state index in [4.69, 9.17) is 0 Å². The third-order valence-corrected chi connectivity index (χ3v) is 5.75. The number of para-hydroxylation sites is 1. The van der Waals surface area contributed by atoms with E-state index in [1.165, 1.54) is 11.3 Å². The molecule has 1 aliphatic heterocycles. The van der Waals surface area contributed by atoms with Gasteiger partial charge < -0.3 is 15.1 Å². The van der Waals surface area contributed by atoms with E-state index in [0.717, 1.165) is 47.8 Å². The van der Waals surface area contributed by atoms with Crippen LogP contribution in [0.1, 0.15) is 22.6 Å². The lowest BCUT2D eigenvalue weighted by atomic mass is 10.1. The van der Waals surface area contributed by atoms with Gasteiger partial charge in [-0.1, -0.05) is 12.1 Å². The van der Waals surface area contributed by atoms with E-state index >= 15 is 0 Å². The number of thiazole rings is 1. The summed E-state index contributed by atoms with van der Waals surface area (Å²) < 4.78 is 1.05. The highest BCUT2D eigenvalue weighted by molar-refractivity contribution is 7.20. The second-order valence-corrected chi connectivity index (χ2v) is 7.88. The molecule has 8 heteroatoms. The lowest BCUT2D eigenvalue weighted by molar-refractivity contribution is 0.0718. The molecule has 0 aliphatic carbocycles. The summed E-state index contributed by atoms with van der Waals surface area (Å²) in [4.78, 5) is 29.7. The fourth-order valence-corrected chi connectivity index (χ4v) is 4.14. The van der Waals surface area contributed by atoms with Crippen molar-refractivity contribution in [1.29, 1.82) is 0 Å². The Morgan fingerprint density at radius 3 is 2.74 bits per heavy atom. The van der Waals surface area contributed by atoms with Crippen LogP contribution in [0.3, 0.4) is 0 Å². The predicted molar refractivity (Wildman–Crippen MR) is 109 cm³/mol. The molecule has 1 aliphatic rings. The van der Waals surface area contributed by atoms with E-state index in [9.17, 15) is 4.79 Å². The van der Waals surface area contributed by atoms with Crippen LogP contribution >= 0.6 is 11.3 Å². The Morgan fingerprint density at radius 1 is 1.22 bits per heavy atom. The molecule has 1 amide bonds. The fourth-order valence-electron chi connectivity index (χ4n) is 3.21. The molecule has 1 fully saturated rings. The number of anilines is 2. The first-order valence-electron chi connectivity index (χ1n) is 9.01. The number of nitrogens with one attached hydrogen (secondary N) is 1. The van der Waals surface area contributed by atoms with Gasteiger partial charge in [0.1, 0.15) is 18.0 Å². The molecule has 4 rings (SSSR count). The van der Waals surface area contributed by atoms with Crippen molar-refractivity contribution < 1.29 is 4.79 Å². The number of piperidine rings is 1. The molecule has 7 nitrogen and oxygen atoms in total. The third kappa shape index (κ3) is 3.85.